The number of benzene rings is 2. The number of nitrogens with zero attached hydrogens (tertiary/aromatic N) is 1. The van der Waals surface area contributed by atoms with Crippen LogP contribution in [0.5, 0.6) is 5.75 Å². The van der Waals surface area contributed by atoms with Crippen molar-refractivity contribution in [3.8, 4) is 5.75 Å². The number of halogens is 2. The lowest BCUT2D eigenvalue weighted by molar-refractivity contribution is -0.115. The van der Waals surface area contributed by atoms with E-state index < -0.39 is 0 Å². The predicted octanol–water partition coefficient (Wildman–Crippen LogP) is 5.20. The van der Waals surface area contributed by atoms with Crippen molar-refractivity contribution in [2.24, 2.45) is 0 Å². The number of hydrogen-bond donors (Lipinski definition) is 2. The highest BCUT2D eigenvalue weighted by Crippen LogP contribution is 2.28. The molecule has 0 atom stereocenters. The third-order valence-corrected chi connectivity index (χ3v) is 5.56. The summed E-state index contributed by atoms with van der Waals surface area (Å²) in [5, 5.41) is 8.65. The highest BCUT2D eigenvalue weighted by molar-refractivity contribution is 7.13. The molecule has 9 heteroatoms. The average Bonchev–Trinajstić information content (AvgIpc) is 3.09. The van der Waals surface area contributed by atoms with Crippen LogP contribution in [0, 0.1) is 6.92 Å². The van der Waals surface area contributed by atoms with Crippen LogP contribution in [0.2, 0.25) is 10.0 Å². The molecule has 150 valence electrons. The van der Waals surface area contributed by atoms with Crippen molar-refractivity contribution in [1.29, 1.82) is 0 Å². The number of aromatic nitrogens is 1. The molecule has 0 aliphatic carbocycles. The van der Waals surface area contributed by atoms with Gasteiger partial charge in [-0.15, -0.1) is 11.3 Å². The Hall–Kier alpha value is -2.61. The standard InChI is InChI=1S/C20H17Cl2N3O3S/c1-11-10-29-20(23-11)25-19(27)12-6-7-17(28-2)16(8-12)24-18(26)9-13-14(21)4-3-5-15(13)22/h3-8,10H,9H2,1-2H3,(H,24,26)(H,23,25,27). The quantitative estimate of drug-likeness (QED) is 0.541. The van der Waals surface area contributed by atoms with E-state index in [-0.39, 0.29) is 18.2 Å². The summed E-state index contributed by atoms with van der Waals surface area (Å²) in [6.07, 6.45) is -0.0174. The summed E-state index contributed by atoms with van der Waals surface area (Å²) < 4.78 is 5.29. The van der Waals surface area contributed by atoms with Gasteiger partial charge in [-0.3, -0.25) is 14.9 Å². The Morgan fingerprint density at radius 2 is 1.86 bits per heavy atom. The summed E-state index contributed by atoms with van der Waals surface area (Å²) in [6, 6.07) is 9.81. The monoisotopic (exact) mass is 449 g/mol. The molecule has 0 radical (unpaired) electrons. The van der Waals surface area contributed by atoms with Crippen molar-refractivity contribution in [1.82, 2.24) is 4.98 Å². The molecule has 0 aliphatic heterocycles. The van der Waals surface area contributed by atoms with Crippen LogP contribution in [0.25, 0.3) is 0 Å². The van der Waals surface area contributed by atoms with E-state index >= 15 is 0 Å². The molecule has 3 aromatic rings. The number of carbonyl (C=O) groups is 2. The fourth-order valence-electron chi connectivity index (χ4n) is 2.58. The van der Waals surface area contributed by atoms with E-state index in [2.05, 4.69) is 15.6 Å². The van der Waals surface area contributed by atoms with Crippen LogP contribution in [-0.2, 0) is 11.2 Å². The van der Waals surface area contributed by atoms with Gasteiger partial charge in [-0.25, -0.2) is 4.98 Å². The second kappa shape index (κ2) is 9.26. The van der Waals surface area contributed by atoms with Crippen molar-refractivity contribution < 1.29 is 14.3 Å². The first-order valence-corrected chi connectivity index (χ1v) is 10.1. The number of amides is 2. The lowest BCUT2D eigenvalue weighted by Crippen LogP contribution is -2.17. The minimum absolute atomic E-state index is 0.0174. The Kier molecular flexibility index (Phi) is 6.74. The van der Waals surface area contributed by atoms with E-state index in [0.29, 0.717) is 37.7 Å². The Morgan fingerprint density at radius 1 is 1.14 bits per heavy atom. The molecule has 2 N–H and O–H groups in total. The molecule has 6 nitrogen and oxygen atoms in total. The van der Waals surface area contributed by atoms with Crippen LogP contribution < -0.4 is 15.4 Å². The summed E-state index contributed by atoms with van der Waals surface area (Å²) in [5.41, 5.74) is 2.07. The van der Waals surface area contributed by atoms with Gasteiger partial charge in [0.25, 0.3) is 5.91 Å². The molecule has 2 aromatic carbocycles. The van der Waals surface area contributed by atoms with E-state index in [1.54, 1.807) is 36.4 Å². The summed E-state index contributed by atoms with van der Waals surface area (Å²) >= 11 is 13.6. The van der Waals surface area contributed by atoms with Crippen LogP contribution in [0.1, 0.15) is 21.6 Å². The van der Waals surface area contributed by atoms with Gasteiger partial charge in [0.1, 0.15) is 5.75 Å². The Bertz CT molecular complexity index is 1050. The van der Waals surface area contributed by atoms with Crippen LogP contribution in [0.3, 0.4) is 0 Å². The third-order valence-electron chi connectivity index (χ3n) is 3.97. The largest absolute Gasteiger partial charge is 0.495 e. The van der Waals surface area contributed by atoms with Crippen LogP contribution in [0.4, 0.5) is 10.8 Å². The van der Waals surface area contributed by atoms with Crippen molar-refractivity contribution in [2.75, 3.05) is 17.7 Å². The molecule has 0 fully saturated rings. The fraction of sp³-hybridized carbons (Fsp3) is 0.150. The number of carbonyl (C=O) groups excluding carboxylic acids is 2. The van der Waals surface area contributed by atoms with Crippen molar-refractivity contribution in [3.63, 3.8) is 0 Å². The summed E-state index contributed by atoms with van der Waals surface area (Å²) in [7, 11) is 1.48. The maximum Gasteiger partial charge on any atom is 0.257 e. The second-order valence-corrected chi connectivity index (χ2v) is 7.76. The number of methoxy groups -OCH3 is 1. The Morgan fingerprint density at radius 3 is 2.48 bits per heavy atom. The van der Waals surface area contributed by atoms with E-state index in [0.717, 1.165) is 5.69 Å². The van der Waals surface area contributed by atoms with Crippen LogP contribution >= 0.6 is 34.5 Å². The second-order valence-electron chi connectivity index (χ2n) is 6.09. The summed E-state index contributed by atoms with van der Waals surface area (Å²) in [5.74, 6) is -0.261. The molecule has 0 unspecified atom stereocenters. The molecule has 0 bridgehead atoms. The first-order chi connectivity index (χ1) is 13.9. The van der Waals surface area contributed by atoms with Gasteiger partial charge in [0, 0.05) is 21.0 Å². The zero-order valence-corrected chi connectivity index (χ0v) is 17.9. The number of aryl methyl sites for hydroxylation is 1. The predicted molar refractivity (Wildman–Crippen MR) is 117 cm³/mol. The number of thiazole rings is 1. The van der Waals surface area contributed by atoms with Gasteiger partial charge in [-0.2, -0.15) is 0 Å². The number of hydrogen-bond acceptors (Lipinski definition) is 5. The van der Waals surface area contributed by atoms with Crippen LogP contribution in [0.15, 0.2) is 41.8 Å². The molecule has 0 spiro atoms. The minimum Gasteiger partial charge on any atom is -0.495 e. The molecule has 0 saturated carbocycles. The Balaban J connectivity index is 1.78. The number of ether oxygens (including phenoxy) is 1. The zero-order chi connectivity index (χ0) is 21.0. The average molecular weight is 450 g/mol. The van der Waals surface area contributed by atoms with Crippen molar-refractivity contribution >= 4 is 57.2 Å². The molecule has 0 aliphatic rings. The number of nitrogens with one attached hydrogen (secondary N) is 2. The normalized spacial score (nSPS) is 10.5. The van der Waals surface area contributed by atoms with E-state index in [4.69, 9.17) is 27.9 Å². The summed E-state index contributed by atoms with van der Waals surface area (Å²) in [6.45, 7) is 1.85. The number of rotatable bonds is 6. The van der Waals surface area contributed by atoms with Crippen molar-refractivity contribution in [3.05, 3.63) is 68.6 Å². The molecular weight excluding hydrogens is 433 g/mol. The van der Waals surface area contributed by atoms with Gasteiger partial charge in [0.2, 0.25) is 5.91 Å². The highest BCUT2D eigenvalue weighted by Gasteiger charge is 2.16. The van der Waals surface area contributed by atoms with E-state index in [1.165, 1.54) is 18.4 Å². The van der Waals surface area contributed by atoms with Gasteiger partial charge in [-0.05, 0) is 42.8 Å². The molecule has 1 aromatic heterocycles. The maximum atomic E-state index is 12.5. The van der Waals surface area contributed by atoms with Crippen LogP contribution in [-0.4, -0.2) is 23.9 Å². The van der Waals surface area contributed by atoms with E-state index in [9.17, 15) is 9.59 Å². The smallest absolute Gasteiger partial charge is 0.257 e. The maximum absolute atomic E-state index is 12.5. The number of anilines is 2. The lowest BCUT2D eigenvalue weighted by Gasteiger charge is -2.13. The van der Waals surface area contributed by atoms with Gasteiger partial charge in [0.05, 0.1) is 24.9 Å². The zero-order valence-electron chi connectivity index (χ0n) is 15.6. The molecule has 0 saturated heterocycles. The van der Waals surface area contributed by atoms with E-state index in [1.807, 2.05) is 12.3 Å². The van der Waals surface area contributed by atoms with Crippen molar-refractivity contribution in [2.45, 2.75) is 13.3 Å². The first-order valence-electron chi connectivity index (χ1n) is 8.51. The minimum atomic E-state index is -0.341. The highest BCUT2D eigenvalue weighted by atomic mass is 35.5. The van der Waals surface area contributed by atoms with Gasteiger partial charge < -0.3 is 10.1 Å². The summed E-state index contributed by atoms with van der Waals surface area (Å²) in [4.78, 5) is 29.3. The lowest BCUT2D eigenvalue weighted by atomic mass is 10.1. The SMILES string of the molecule is COc1ccc(C(=O)Nc2nc(C)cs2)cc1NC(=O)Cc1c(Cl)cccc1Cl. The first kappa shape index (κ1) is 21.1. The Labute approximate surface area is 181 Å². The molecule has 3 rings (SSSR count). The fourth-order valence-corrected chi connectivity index (χ4v) is 3.80. The molecule has 1 heterocycles. The molecule has 29 heavy (non-hydrogen) atoms. The van der Waals surface area contributed by atoms with Gasteiger partial charge in [-0.1, -0.05) is 29.3 Å². The third kappa shape index (κ3) is 5.26. The van der Waals surface area contributed by atoms with Gasteiger partial charge in [0.15, 0.2) is 5.13 Å². The molecule has 2 amide bonds. The topological polar surface area (TPSA) is 80.3 Å². The molecular formula is C20H17Cl2N3O3S. The van der Waals surface area contributed by atoms with Gasteiger partial charge >= 0.3 is 0 Å².